The molecule has 2 bridgehead atoms. The zero-order valence-corrected chi connectivity index (χ0v) is 19.4. The van der Waals surface area contributed by atoms with Gasteiger partial charge in [0.05, 0.1) is 23.4 Å². The van der Waals surface area contributed by atoms with Gasteiger partial charge in [-0.25, -0.2) is 4.79 Å². The maximum absolute atomic E-state index is 14.0. The molecule has 4 rings (SSSR count). The van der Waals surface area contributed by atoms with E-state index >= 15 is 0 Å². The molecule has 186 valence electrons. The Morgan fingerprint density at radius 3 is 2.32 bits per heavy atom. The Kier molecular flexibility index (Phi) is 5.96. The molecule has 1 aromatic carbocycles. The Bertz CT molecular complexity index is 1110. The Labute approximate surface area is 195 Å². The summed E-state index contributed by atoms with van der Waals surface area (Å²) >= 11 is 0. The van der Waals surface area contributed by atoms with Crippen molar-refractivity contribution in [1.29, 1.82) is 0 Å². The number of ether oxygens (including phenoxy) is 2. The van der Waals surface area contributed by atoms with Crippen molar-refractivity contribution < 1.29 is 45.6 Å². The number of carbonyl (C=O) groups is 3. The van der Waals surface area contributed by atoms with E-state index in [4.69, 9.17) is 14.0 Å². The molecule has 1 amide bonds. The van der Waals surface area contributed by atoms with Gasteiger partial charge in [0.1, 0.15) is 6.10 Å². The van der Waals surface area contributed by atoms with E-state index in [1.54, 1.807) is 49.1 Å². The van der Waals surface area contributed by atoms with Gasteiger partial charge in [-0.15, -0.1) is 0 Å². The summed E-state index contributed by atoms with van der Waals surface area (Å²) in [5.74, 6) is -5.23. The second-order valence-corrected chi connectivity index (χ2v) is 10.8. The average Bonchev–Trinajstić information content (AvgIpc) is 3.36. The third-order valence-electron chi connectivity index (χ3n) is 7.10. The van der Waals surface area contributed by atoms with Crippen LogP contribution in [-0.2, 0) is 29.2 Å². The Balaban J connectivity index is 1.63. The number of amides is 1. The summed E-state index contributed by atoms with van der Waals surface area (Å²) < 4.78 is 69.3. The van der Waals surface area contributed by atoms with Crippen LogP contribution in [0.15, 0.2) is 30.3 Å². The van der Waals surface area contributed by atoms with Gasteiger partial charge in [-0.2, -0.15) is 17.2 Å². The quantitative estimate of drug-likeness (QED) is 0.445. The van der Waals surface area contributed by atoms with Crippen LogP contribution in [0.5, 0.6) is 0 Å². The number of carbonyl (C=O) groups excluding carboxylic acids is 3. The van der Waals surface area contributed by atoms with Crippen molar-refractivity contribution >= 4 is 28.0 Å². The van der Waals surface area contributed by atoms with Gasteiger partial charge in [-0.05, 0) is 45.2 Å². The first-order valence-electron chi connectivity index (χ1n) is 10.9. The van der Waals surface area contributed by atoms with E-state index in [0.29, 0.717) is 13.3 Å². The molecule has 7 unspecified atom stereocenters. The second-order valence-electron chi connectivity index (χ2n) is 9.30. The second kappa shape index (κ2) is 8.26. The van der Waals surface area contributed by atoms with Crippen molar-refractivity contribution in [3.05, 3.63) is 35.9 Å². The van der Waals surface area contributed by atoms with Crippen molar-refractivity contribution in [1.82, 2.24) is 4.90 Å². The van der Waals surface area contributed by atoms with Crippen molar-refractivity contribution in [2.24, 2.45) is 23.7 Å². The predicted octanol–water partition coefficient (Wildman–Crippen LogP) is 2.13. The summed E-state index contributed by atoms with van der Waals surface area (Å²) in [5.41, 5.74) is 0.280. The number of fused-ring (bicyclic) bond motifs is 1. The number of rotatable bonds is 7. The van der Waals surface area contributed by atoms with E-state index in [2.05, 4.69) is 0 Å². The van der Waals surface area contributed by atoms with Crippen molar-refractivity contribution in [2.45, 2.75) is 56.7 Å². The van der Waals surface area contributed by atoms with Gasteiger partial charge >= 0.3 is 27.3 Å². The smallest absolute Gasteiger partial charge is 0.405 e. The molecule has 2 saturated carbocycles. The van der Waals surface area contributed by atoms with Gasteiger partial charge in [-0.1, -0.05) is 18.2 Å². The monoisotopic (exact) mass is 501 g/mol. The number of esters is 2. The molecule has 3 fully saturated rings. The molecule has 7 atom stereocenters. The zero-order chi connectivity index (χ0) is 25.2. The number of alkyl halides is 2. The Morgan fingerprint density at radius 1 is 1.15 bits per heavy atom. The molecule has 0 aromatic heterocycles. The van der Waals surface area contributed by atoms with Crippen LogP contribution in [0.4, 0.5) is 8.78 Å². The minimum Gasteiger partial charge on any atom is -0.456 e. The molecule has 1 heterocycles. The summed E-state index contributed by atoms with van der Waals surface area (Å²) in [5, 5.41) is -4.73. The molecule has 1 aliphatic heterocycles. The minimum atomic E-state index is -5.84. The highest BCUT2D eigenvalue weighted by atomic mass is 32.2. The third kappa shape index (κ3) is 3.67. The third-order valence-corrected chi connectivity index (χ3v) is 8.12. The molecule has 3 aliphatic rings. The average molecular weight is 502 g/mol. The van der Waals surface area contributed by atoms with Gasteiger partial charge in [-0.3, -0.25) is 14.1 Å². The number of benzene rings is 1. The summed E-state index contributed by atoms with van der Waals surface area (Å²) in [6, 6.07) is 7.43. The highest BCUT2D eigenvalue weighted by Crippen LogP contribution is 2.60. The molecule has 1 N–H and O–H groups in total. The van der Waals surface area contributed by atoms with E-state index in [0.717, 1.165) is 0 Å². The molecule has 1 saturated heterocycles. The lowest BCUT2D eigenvalue weighted by Crippen LogP contribution is -2.49. The zero-order valence-electron chi connectivity index (χ0n) is 18.6. The number of hydrogen-bond donors (Lipinski definition) is 1. The molecule has 12 heteroatoms. The first kappa shape index (κ1) is 24.5. The van der Waals surface area contributed by atoms with E-state index in [-0.39, 0.29) is 23.4 Å². The maximum atomic E-state index is 14.0. The number of halogens is 2. The lowest BCUT2D eigenvalue weighted by molar-refractivity contribution is -0.170. The molecule has 0 radical (unpaired) electrons. The fourth-order valence-corrected chi connectivity index (χ4v) is 6.19. The van der Waals surface area contributed by atoms with Crippen molar-refractivity contribution in [2.75, 3.05) is 0 Å². The van der Waals surface area contributed by atoms with Crippen LogP contribution in [0.1, 0.15) is 37.6 Å². The maximum Gasteiger partial charge on any atom is 0.405 e. The van der Waals surface area contributed by atoms with Crippen molar-refractivity contribution in [3.8, 4) is 0 Å². The van der Waals surface area contributed by atoms with Gasteiger partial charge < -0.3 is 14.4 Å². The van der Waals surface area contributed by atoms with Crippen LogP contribution >= 0.6 is 0 Å². The lowest BCUT2D eigenvalue weighted by Gasteiger charge is -2.35. The fourth-order valence-electron chi connectivity index (χ4n) is 5.72. The summed E-state index contributed by atoms with van der Waals surface area (Å²) in [6.07, 6.45) is -3.01. The van der Waals surface area contributed by atoms with Crippen molar-refractivity contribution in [3.63, 3.8) is 0 Å². The van der Waals surface area contributed by atoms with Gasteiger partial charge in [0.15, 0.2) is 6.10 Å². The van der Waals surface area contributed by atoms with Crippen LogP contribution in [0, 0.1) is 23.7 Å². The first-order chi connectivity index (χ1) is 15.8. The largest absolute Gasteiger partial charge is 0.456 e. The van der Waals surface area contributed by atoms with Gasteiger partial charge in [0.2, 0.25) is 5.91 Å². The summed E-state index contributed by atoms with van der Waals surface area (Å²) in [4.78, 5) is 40.5. The molecular formula is C22H25F2NO8S. The molecule has 9 nitrogen and oxygen atoms in total. The highest BCUT2D eigenvalue weighted by Gasteiger charge is 2.71. The standard InChI is InChI=1S/C22H25F2NO8S/c1-10(2)25-17-13-9-14(18(17)33-20(27)12-7-5-4-6-8-12)16(15(13)19(25)26)21(28)32-11(3)22(23,24)34(29,30)31/h4-8,10-11,13-18H,9H2,1-3H3,(H,29,30,31). The SMILES string of the molecule is CC(C)N1C(=O)C2C3CC(C(OC(=O)c4ccccc4)C31)C2C(=O)OC(C)C(F)(F)S(=O)(=O)O. The van der Waals surface area contributed by atoms with E-state index in [9.17, 15) is 31.6 Å². The number of likely N-dealkylation sites (tertiary alicyclic amines) is 1. The Morgan fingerprint density at radius 2 is 1.76 bits per heavy atom. The first-order valence-corrected chi connectivity index (χ1v) is 12.3. The van der Waals surface area contributed by atoms with Crippen LogP contribution in [-0.4, -0.2) is 65.3 Å². The van der Waals surface area contributed by atoms with E-state index in [1.165, 1.54) is 0 Å². The van der Waals surface area contributed by atoms with Crippen LogP contribution in [0.25, 0.3) is 0 Å². The molecule has 34 heavy (non-hydrogen) atoms. The number of nitrogens with zero attached hydrogens (tertiary/aromatic N) is 1. The highest BCUT2D eigenvalue weighted by molar-refractivity contribution is 7.86. The van der Waals surface area contributed by atoms with Crippen LogP contribution in [0.3, 0.4) is 0 Å². The lowest BCUT2D eigenvalue weighted by atomic mass is 9.78. The summed E-state index contributed by atoms with van der Waals surface area (Å²) in [6.45, 7) is 4.22. The normalized spacial score (nSPS) is 31.1. The topological polar surface area (TPSA) is 127 Å². The predicted molar refractivity (Wildman–Crippen MR) is 112 cm³/mol. The number of hydrogen-bond acceptors (Lipinski definition) is 7. The van der Waals surface area contributed by atoms with E-state index in [1.807, 2.05) is 0 Å². The molecule has 2 aliphatic carbocycles. The molecule has 1 aromatic rings. The minimum absolute atomic E-state index is 0.265. The van der Waals surface area contributed by atoms with Crippen LogP contribution < -0.4 is 0 Å². The molecule has 0 spiro atoms. The van der Waals surface area contributed by atoms with Crippen LogP contribution in [0.2, 0.25) is 0 Å². The van der Waals surface area contributed by atoms with E-state index < -0.39 is 63.3 Å². The fraction of sp³-hybridized carbons (Fsp3) is 0.591. The van der Waals surface area contributed by atoms with Gasteiger partial charge in [0.25, 0.3) is 0 Å². The summed E-state index contributed by atoms with van der Waals surface area (Å²) in [7, 11) is -5.84. The van der Waals surface area contributed by atoms with Gasteiger partial charge in [0, 0.05) is 12.0 Å². The molecular weight excluding hydrogens is 476 g/mol. The Hall–Kier alpha value is -2.60.